The first-order valence-electron chi connectivity index (χ1n) is 6.39. The second-order valence-electron chi connectivity index (χ2n) is 4.97. The molecule has 4 nitrogen and oxygen atoms in total. The van der Waals surface area contributed by atoms with Gasteiger partial charge in [0.15, 0.2) is 9.84 Å². The van der Waals surface area contributed by atoms with E-state index in [9.17, 15) is 13.2 Å². The monoisotopic (exact) mass is 304 g/mol. The fourth-order valence-corrected chi connectivity index (χ4v) is 2.65. The van der Waals surface area contributed by atoms with Crippen LogP contribution in [0.3, 0.4) is 0 Å². The molecule has 0 bridgehead atoms. The van der Waals surface area contributed by atoms with Gasteiger partial charge in [0.25, 0.3) is 0 Å². The number of benzene rings is 2. The maximum absolute atomic E-state index is 12.0. The van der Waals surface area contributed by atoms with E-state index in [0.29, 0.717) is 16.9 Å². The Morgan fingerprint density at radius 2 is 1.76 bits per heavy atom. The van der Waals surface area contributed by atoms with Crippen LogP contribution in [0.1, 0.15) is 21.5 Å². The lowest BCUT2D eigenvalue weighted by Gasteiger charge is -2.06. The van der Waals surface area contributed by atoms with Crippen molar-refractivity contribution in [2.24, 2.45) is 0 Å². The molecule has 0 aromatic heterocycles. The molecule has 0 aliphatic heterocycles. The van der Waals surface area contributed by atoms with E-state index in [1.807, 2.05) is 19.1 Å². The molecule has 21 heavy (non-hydrogen) atoms. The number of aryl methyl sites for hydroxylation is 1. The number of hydrogen-bond acceptors (Lipinski definition) is 4. The molecule has 5 heteroatoms. The van der Waals surface area contributed by atoms with Gasteiger partial charge in [-0.05, 0) is 36.8 Å². The van der Waals surface area contributed by atoms with E-state index < -0.39 is 15.8 Å². The molecular weight excluding hydrogens is 288 g/mol. The highest BCUT2D eigenvalue weighted by atomic mass is 32.2. The molecule has 0 aliphatic rings. The second-order valence-corrected chi connectivity index (χ2v) is 7.11. The van der Waals surface area contributed by atoms with E-state index in [1.54, 1.807) is 30.3 Å². The zero-order chi connectivity index (χ0) is 15.5. The van der Waals surface area contributed by atoms with Crippen LogP contribution >= 0.6 is 0 Å². The summed E-state index contributed by atoms with van der Waals surface area (Å²) in [5.41, 5.74) is 1.97. The second kappa shape index (κ2) is 6.10. The van der Waals surface area contributed by atoms with Crippen molar-refractivity contribution >= 4 is 15.8 Å². The van der Waals surface area contributed by atoms with Crippen molar-refractivity contribution in [3.05, 3.63) is 65.2 Å². The highest BCUT2D eigenvalue weighted by Gasteiger charge is 2.11. The standard InChI is InChI=1S/C16H16O4S/c1-12-6-8-15(9-7-12)20-16(17)14-5-3-4-13(10-14)11-21(2,18)19/h3-10H,11H2,1-2H3. The maximum Gasteiger partial charge on any atom is 0.343 e. The van der Waals surface area contributed by atoms with Crippen molar-refractivity contribution in [1.82, 2.24) is 0 Å². The summed E-state index contributed by atoms with van der Waals surface area (Å²) in [6.45, 7) is 1.94. The third-order valence-corrected chi connectivity index (χ3v) is 3.68. The number of carbonyl (C=O) groups is 1. The lowest BCUT2D eigenvalue weighted by Crippen LogP contribution is -2.09. The van der Waals surface area contributed by atoms with Crippen LogP contribution in [0.2, 0.25) is 0 Å². The van der Waals surface area contributed by atoms with Crippen molar-refractivity contribution < 1.29 is 17.9 Å². The zero-order valence-corrected chi connectivity index (χ0v) is 12.7. The molecule has 110 valence electrons. The minimum atomic E-state index is -3.14. The summed E-state index contributed by atoms with van der Waals surface area (Å²) in [5.74, 6) is -0.146. The predicted octanol–water partition coefficient (Wildman–Crippen LogP) is 2.76. The summed E-state index contributed by atoms with van der Waals surface area (Å²) >= 11 is 0. The van der Waals surface area contributed by atoms with Crippen LogP contribution in [-0.2, 0) is 15.6 Å². The first-order valence-corrected chi connectivity index (χ1v) is 8.45. The summed E-state index contributed by atoms with van der Waals surface area (Å²) in [5, 5.41) is 0. The Kier molecular flexibility index (Phi) is 4.43. The molecule has 0 saturated heterocycles. The molecule has 0 unspecified atom stereocenters. The smallest absolute Gasteiger partial charge is 0.343 e. The minimum Gasteiger partial charge on any atom is -0.423 e. The van der Waals surface area contributed by atoms with Gasteiger partial charge >= 0.3 is 5.97 Å². The summed E-state index contributed by atoms with van der Waals surface area (Å²) in [4.78, 5) is 12.0. The molecule has 0 saturated carbocycles. The maximum atomic E-state index is 12.0. The molecular formula is C16H16O4S. The summed E-state index contributed by atoms with van der Waals surface area (Å²) in [6, 6.07) is 13.6. The first-order chi connectivity index (χ1) is 9.83. The van der Waals surface area contributed by atoms with Crippen LogP contribution in [0.4, 0.5) is 0 Å². The molecule has 0 atom stereocenters. The molecule has 0 radical (unpaired) electrons. The van der Waals surface area contributed by atoms with Gasteiger partial charge in [-0.15, -0.1) is 0 Å². The Balaban J connectivity index is 2.16. The first kappa shape index (κ1) is 15.3. The van der Waals surface area contributed by atoms with Gasteiger partial charge in [-0.3, -0.25) is 0 Å². The third kappa shape index (κ3) is 4.72. The quantitative estimate of drug-likeness (QED) is 0.643. The van der Waals surface area contributed by atoms with Crippen molar-refractivity contribution in [3.8, 4) is 5.75 Å². The third-order valence-electron chi connectivity index (χ3n) is 2.82. The van der Waals surface area contributed by atoms with Crippen molar-refractivity contribution in [3.63, 3.8) is 0 Å². The van der Waals surface area contributed by atoms with Gasteiger partial charge in [0.1, 0.15) is 5.75 Å². The van der Waals surface area contributed by atoms with Gasteiger partial charge < -0.3 is 4.74 Å². The van der Waals surface area contributed by atoms with Gasteiger partial charge in [0, 0.05) is 6.26 Å². The van der Waals surface area contributed by atoms with Crippen LogP contribution < -0.4 is 4.74 Å². The van der Waals surface area contributed by atoms with Gasteiger partial charge in [-0.1, -0.05) is 29.8 Å². The number of esters is 1. The van der Waals surface area contributed by atoms with Crippen LogP contribution in [0.15, 0.2) is 48.5 Å². The number of ether oxygens (including phenoxy) is 1. The average Bonchev–Trinajstić information content (AvgIpc) is 2.40. The van der Waals surface area contributed by atoms with E-state index in [2.05, 4.69) is 0 Å². The molecule has 0 aliphatic carbocycles. The van der Waals surface area contributed by atoms with E-state index in [-0.39, 0.29) is 5.75 Å². The van der Waals surface area contributed by atoms with Gasteiger partial charge in [0.2, 0.25) is 0 Å². The number of rotatable bonds is 4. The fourth-order valence-electron chi connectivity index (χ4n) is 1.86. The van der Waals surface area contributed by atoms with Gasteiger partial charge in [-0.25, -0.2) is 13.2 Å². The average molecular weight is 304 g/mol. The summed E-state index contributed by atoms with van der Waals surface area (Å²) in [7, 11) is -3.14. The minimum absolute atomic E-state index is 0.0986. The van der Waals surface area contributed by atoms with Crippen LogP contribution in [-0.4, -0.2) is 20.6 Å². The molecule has 0 N–H and O–H groups in total. The summed E-state index contributed by atoms with van der Waals surface area (Å²) in [6.07, 6.45) is 1.16. The molecule has 2 aromatic rings. The van der Waals surface area contributed by atoms with Gasteiger partial charge in [-0.2, -0.15) is 0 Å². The molecule has 0 fully saturated rings. The molecule has 0 heterocycles. The highest BCUT2D eigenvalue weighted by Crippen LogP contribution is 2.15. The van der Waals surface area contributed by atoms with Crippen LogP contribution in [0, 0.1) is 6.92 Å². The van der Waals surface area contributed by atoms with Crippen LogP contribution in [0.5, 0.6) is 5.75 Å². The Morgan fingerprint density at radius 3 is 2.38 bits per heavy atom. The lowest BCUT2D eigenvalue weighted by molar-refractivity contribution is 0.0734. The van der Waals surface area contributed by atoms with E-state index >= 15 is 0 Å². The Morgan fingerprint density at radius 1 is 1.10 bits per heavy atom. The van der Waals surface area contributed by atoms with E-state index in [4.69, 9.17) is 4.74 Å². The highest BCUT2D eigenvalue weighted by molar-refractivity contribution is 7.89. The fraction of sp³-hybridized carbons (Fsp3) is 0.188. The largest absolute Gasteiger partial charge is 0.423 e. The van der Waals surface area contributed by atoms with Crippen LogP contribution in [0.25, 0.3) is 0 Å². The normalized spacial score (nSPS) is 11.1. The van der Waals surface area contributed by atoms with Crippen molar-refractivity contribution in [1.29, 1.82) is 0 Å². The zero-order valence-electron chi connectivity index (χ0n) is 11.9. The Labute approximate surface area is 124 Å². The van der Waals surface area contributed by atoms with Crippen molar-refractivity contribution in [2.75, 3.05) is 6.26 Å². The predicted molar refractivity (Wildman–Crippen MR) is 81.1 cm³/mol. The molecule has 2 rings (SSSR count). The lowest BCUT2D eigenvalue weighted by atomic mass is 10.1. The van der Waals surface area contributed by atoms with Crippen molar-refractivity contribution in [2.45, 2.75) is 12.7 Å². The Hall–Kier alpha value is -2.14. The Bertz CT molecular complexity index is 746. The van der Waals surface area contributed by atoms with E-state index in [0.717, 1.165) is 11.8 Å². The SMILES string of the molecule is Cc1ccc(OC(=O)c2cccc(CS(C)(=O)=O)c2)cc1. The topological polar surface area (TPSA) is 60.4 Å². The number of sulfone groups is 1. The summed E-state index contributed by atoms with van der Waals surface area (Å²) < 4.78 is 27.8. The van der Waals surface area contributed by atoms with Gasteiger partial charge in [0.05, 0.1) is 11.3 Å². The van der Waals surface area contributed by atoms with E-state index in [1.165, 1.54) is 6.07 Å². The molecule has 0 spiro atoms. The molecule has 0 amide bonds. The molecule has 2 aromatic carbocycles. The number of hydrogen-bond donors (Lipinski definition) is 0. The number of carbonyl (C=O) groups excluding carboxylic acids is 1.